The summed E-state index contributed by atoms with van der Waals surface area (Å²) in [7, 11) is 0. The van der Waals surface area contributed by atoms with Crippen molar-refractivity contribution in [3.05, 3.63) is 59.7 Å². The molecule has 2 N–H and O–H groups in total. The van der Waals surface area contributed by atoms with Crippen molar-refractivity contribution in [2.45, 2.75) is 29.2 Å². The second-order valence-electron chi connectivity index (χ2n) is 7.49. The maximum Gasteiger partial charge on any atom is 0.252 e. The molecule has 0 aliphatic carbocycles. The van der Waals surface area contributed by atoms with Crippen LogP contribution in [0.2, 0.25) is 0 Å². The molecule has 1 amide bonds. The van der Waals surface area contributed by atoms with E-state index < -0.39 is 0 Å². The average molecular weight is 397 g/mol. The average Bonchev–Trinajstić information content (AvgIpc) is 2.73. The van der Waals surface area contributed by atoms with E-state index >= 15 is 0 Å². The van der Waals surface area contributed by atoms with E-state index in [2.05, 4.69) is 25.2 Å². The van der Waals surface area contributed by atoms with Gasteiger partial charge in [0.05, 0.1) is 30.9 Å². The van der Waals surface area contributed by atoms with E-state index in [0.29, 0.717) is 17.7 Å². The monoisotopic (exact) mass is 396 g/mol. The fourth-order valence-electron chi connectivity index (χ4n) is 3.33. The summed E-state index contributed by atoms with van der Waals surface area (Å²) in [5.74, 6) is -0.0849. The number of nitriles is 1. The Labute approximate surface area is 170 Å². The molecular weight excluding hydrogens is 370 g/mol. The van der Waals surface area contributed by atoms with Gasteiger partial charge < -0.3 is 15.0 Å². The van der Waals surface area contributed by atoms with Crippen LogP contribution in [0.25, 0.3) is 0 Å². The van der Waals surface area contributed by atoms with Crippen molar-refractivity contribution in [1.82, 2.24) is 5.32 Å². The first-order valence-corrected chi connectivity index (χ1v) is 10.3. The molecule has 28 heavy (non-hydrogen) atoms. The van der Waals surface area contributed by atoms with E-state index in [0.717, 1.165) is 36.1 Å². The van der Waals surface area contributed by atoms with Gasteiger partial charge in [0.15, 0.2) is 0 Å². The molecule has 0 atom stereocenters. The summed E-state index contributed by atoms with van der Waals surface area (Å²) in [6, 6.07) is 17.2. The Balaban J connectivity index is 1.71. The molecule has 1 aliphatic rings. The Morgan fingerprint density at radius 3 is 2.50 bits per heavy atom. The van der Waals surface area contributed by atoms with Gasteiger partial charge in [0.1, 0.15) is 24.7 Å². The van der Waals surface area contributed by atoms with Crippen molar-refractivity contribution in [3.8, 4) is 6.07 Å². The summed E-state index contributed by atoms with van der Waals surface area (Å²) in [6.45, 7) is 8.40. The zero-order chi connectivity index (χ0) is 20.0. The highest BCUT2D eigenvalue weighted by molar-refractivity contribution is 7.99. The van der Waals surface area contributed by atoms with Gasteiger partial charge in [-0.25, -0.2) is 0 Å². The molecule has 0 saturated carbocycles. The molecule has 1 saturated heterocycles. The van der Waals surface area contributed by atoms with Gasteiger partial charge in [0, 0.05) is 9.79 Å². The third kappa shape index (κ3) is 4.93. The predicted octanol–water partition coefficient (Wildman–Crippen LogP) is 2.13. The minimum Gasteiger partial charge on any atom is -0.370 e. The van der Waals surface area contributed by atoms with Crippen LogP contribution in [0.4, 0.5) is 0 Å². The minimum absolute atomic E-state index is 0.0606. The molecule has 0 radical (unpaired) electrons. The van der Waals surface area contributed by atoms with Gasteiger partial charge in [-0.15, -0.1) is 0 Å². The van der Waals surface area contributed by atoms with Gasteiger partial charge >= 0.3 is 0 Å². The molecule has 146 valence electrons. The maximum atomic E-state index is 12.9. The zero-order valence-corrected chi connectivity index (χ0v) is 17.1. The van der Waals surface area contributed by atoms with Gasteiger partial charge in [-0.05, 0) is 38.1 Å². The molecule has 1 fully saturated rings. The van der Waals surface area contributed by atoms with Crippen LogP contribution in [0.5, 0.6) is 0 Å². The van der Waals surface area contributed by atoms with Crippen LogP contribution in [0.1, 0.15) is 29.8 Å². The summed E-state index contributed by atoms with van der Waals surface area (Å²) >= 11 is 1.45. The van der Waals surface area contributed by atoms with Crippen molar-refractivity contribution in [2.24, 2.45) is 0 Å². The fraction of sp³-hybridized carbons (Fsp3) is 0.364. The van der Waals surface area contributed by atoms with E-state index in [-0.39, 0.29) is 11.4 Å². The van der Waals surface area contributed by atoms with E-state index in [4.69, 9.17) is 4.74 Å². The number of benzene rings is 2. The second-order valence-corrected chi connectivity index (χ2v) is 8.57. The highest BCUT2D eigenvalue weighted by atomic mass is 32.2. The lowest BCUT2D eigenvalue weighted by Crippen LogP contribution is -3.22. The highest BCUT2D eigenvalue weighted by Crippen LogP contribution is 2.32. The van der Waals surface area contributed by atoms with Crippen LogP contribution >= 0.6 is 11.8 Å². The molecule has 2 aromatic rings. The first-order chi connectivity index (χ1) is 13.5. The van der Waals surface area contributed by atoms with Gasteiger partial charge in [0.25, 0.3) is 5.91 Å². The number of amides is 1. The number of quaternary nitrogens is 1. The first-order valence-electron chi connectivity index (χ1n) is 9.48. The van der Waals surface area contributed by atoms with Crippen molar-refractivity contribution in [3.63, 3.8) is 0 Å². The SMILES string of the molecule is CC(C)(CNC(=O)c1ccccc1Sc1ccccc1C#N)[NH+]1CCOCC1. The summed E-state index contributed by atoms with van der Waals surface area (Å²) in [5, 5.41) is 12.4. The number of morpholine rings is 1. The van der Waals surface area contributed by atoms with E-state index in [1.54, 1.807) is 6.07 Å². The fourth-order valence-corrected chi connectivity index (χ4v) is 4.35. The number of hydrogen-bond donors (Lipinski definition) is 2. The molecule has 5 nitrogen and oxygen atoms in total. The number of carbonyl (C=O) groups is 1. The normalized spacial score (nSPS) is 15.0. The van der Waals surface area contributed by atoms with Crippen molar-refractivity contribution in [1.29, 1.82) is 5.26 Å². The molecule has 0 bridgehead atoms. The molecule has 0 spiro atoms. The molecule has 0 unspecified atom stereocenters. The minimum atomic E-state index is -0.0849. The molecule has 3 rings (SSSR count). The lowest BCUT2D eigenvalue weighted by Gasteiger charge is -2.37. The van der Waals surface area contributed by atoms with Crippen LogP contribution in [-0.4, -0.2) is 44.3 Å². The highest BCUT2D eigenvalue weighted by Gasteiger charge is 2.32. The third-order valence-corrected chi connectivity index (χ3v) is 6.26. The smallest absolute Gasteiger partial charge is 0.252 e. The Hall–Kier alpha value is -2.33. The van der Waals surface area contributed by atoms with Gasteiger partial charge in [-0.2, -0.15) is 5.26 Å². The van der Waals surface area contributed by atoms with E-state index in [9.17, 15) is 10.1 Å². The summed E-state index contributed by atoms with van der Waals surface area (Å²) in [6.07, 6.45) is 0. The predicted molar refractivity (Wildman–Crippen MR) is 110 cm³/mol. The Bertz CT molecular complexity index is 870. The van der Waals surface area contributed by atoms with Crippen LogP contribution < -0.4 is 10.2 Å². The largest absolute Gasteiger partial charge is 0.370 e. The third-order valence-electron chi connectivity index (χ3n) is 5.10. The van der Waals surface area contributed by atoms with Crippen LogP contribution in [-0.2, 0) is 4.74 Å². The zero-order valence-electron chi connectivity index (χ0n) is 16.3. The van der Waals surface area contributed by atoms with Gasteiger partial charge in [0.2, 0.25) is 0 Å². The summed E-state index contributed by atoms with van der Waals surface area (Å²) in [4.78, 5) is 16.1. The Kier molecular flexibility index (Phi) is 6.74. The maximum absolute atomic E-state index is 12.9. The van der Waals surface area contributed by atoms with Crippen molar-refractivity contribution >= 4 is 17.7 Å². The van der Waals surface area contributed by atoms with Crippen LogP contribution in [0, 0.1) is 11.3 Å². The van der Waals surface area contributed by atoms with Gasteiger partial charge in [-0.1, -0.05) is 36.0 Å². The Morgan fingerprint density at radius 1 is 1.14 bits per heavy atom. The lowest BCUT2D eigenvalue weighted by molar-refractivity contribution is -0.954. The number of rotatable bonds is 6. The molecule has 1 aliphatic heterocycles. The number of hydrogen-bond acceptors (Lipinski definition) is 4. The van der Waals surface area contributed by atoms with Gasteiger partial charge in [-0.3, -0.25) is 4.79 Å². The first kappa shape index (κ1) is 20.4. The quantitative estimate of drug-likeness (QED) is 0.785. The van der Waals surface area contributed by atoms with Crippen LogP contribution in [0.3, 0.4) is 0 Å². The van der Waals surface area contributed by atoms with Crippen molar-refractivity contribution in [2.75, 3.05) is 32.8 Å². The lowest BCUT2D eigenvalue weighted by atomic mass is 10.0. The molecule has 1 heterocycles. The summed E-state index contributed by atoms with van der Waals surface area (Å²) < 4.78 is 5.45. The number of ether oxygens (including phenoxy) is 1. The number of carbonyl (C=O) groups excluding carboxylic acids is 1. The number of nitrogens with zero attached hydrogens (tertiary/aromatic N) is 1. The molecular formula is C22H26N3O2S+. The Morgan fingerprint density at radius 2 is 1.79 bits per heavy atom. The second kappa shape index (κ2) is 9.24. The number of nitrogens with one attached hydrogen (secondary N) is 2. The standard InChI is InChI=1S/C22H25N3O2S/c1-22(2,25-11-13-27-14-12-25)16-24-21(26)18-8-4-6-10-20(18)28-19-9-5-3-7-17(19)15-23/h3-10H,11-14,16H2,1-2H3,(H,24,26)/p+1. The topological polar surface area (TPSA) is 66.6 Å². The van der Waals surface area contributed by atoms with E-state index in [1.807, 2.05) is 42.5 Å². The molecule has 6 heteroatoms. The van der Waals surface area contributed by atoms with E-state index in [1.165, 1.54) is 16.7 Å². The molecule has 0 aromatic heterocycles. The molecule has 2 aromatic carbocycles. The van der Waals surface area contributed by atoms with Crippen LogP contribution in [0.15, 0.2) is 58.3 Å². The summed E-state index contributed by atoms with van der Waals surface area (Å²) in [5.41, 5.74) is 1.18. The van der Waals surface area contributed by atoms with Crippen molar-refractivity contribution < 1.29 is 14.4 Å².